The van der Waals surface area contributed by atoms with Crippen molar-refractivity contribution in [2.45, 2.75) is 64.0 Å². The van der Waals surface area contributed by atoms with E-state index in [9.17, 15) is 0 Å². The number of hydrogen-bond acceptors (Lipinski definition) is 2. The summed E-state index contributed by atoms with van der Waals surface area (Å²) in [6, 6.07) is 1.64. The lowest BCUT2D eigenvalue weighted by atomic mass is 9.84. The van der Waals surface area contributed by atoms with Crippen molar-refractivity contribution in [1.82, 2.24) is 10.2 Å². The predicted octanol–water partition coefficient (Wildman–Crippen LogP) is 2.64. The Morgan fingerprint density at radius 2 is 1.88 bits per heavy atom. The Morgan fingerprint density at radius 3 is 2.44 bits per heavy atom. The standard InChI is InChI=1S/C14H28N2/c1-3-12-6-8-14(9-7-12)16(2)11-13-5-4-10-15-13/h12-15H,3-11H2,1-2H3. The van der Waals surface area contributed by atoms with E-state index < -0.39 is 0 Å². The van der Waals surface area contributed by atoms with Gasteiger partial charge in [0.1, 0.15) is 0 Å². The lowest BCUT2D eigenvalue weighted by molar-refractivity contribution is 0.153. The van der Waals surface area contributed by atoms with E-state index in [0.717, 1.165) is 18.0 Å². The van der Waals surface area contributed by atoms with Crippen molar-refractivity contribution < 1.29 is 0 Å². The molecule has 1 N–H and O–H groups in total. The van der Waals surface area contributed by atoms with Crippen molar-refractivity contribution in [3.8, 4) is 0 Å². The molecule has 2 nitrogen and oxygen atoms in total. The maximum absolute atomic E-state index is 3.60. The highest BCUT2D eigenvalue weighted by Crippen LogP contribution is 2.29. The number of nitrogens with one attached hydrogen (secondary N) is 1. The van der Waals surface area contributed by atoms with Crippen LogP contribution in [0.5, 0.6) is 0 Å². The first kappa shape index (κ1) is 12.4. The summed E-state index contributed by atoms with van der Waals surface area (Å²) in [4.78, 5) is 2.62. The largest absolute Gasteiger partial charge is 0.313 e. The fourth-order valence-electron chi connectivity index (χ4n) is 3.40. The molecule has 1 aliphatic carbocycles. The lowest BCUT2D eigenvalue weighted by Gasteiger charge is -2.35. The van der Waals surface area contributed by atoms with Crippen LogP contribution in [0.15, 0.2) is 0 Å². The summed E-state index contributed by atoms with van der Waals surface area (Å²) < 4.78 is 0. The van der Waals surface area contributed by atoms with Crippen LogP contribution in [0.25, 0.3) is 0 Å². The molecule has 1 saturated heterocycles. The van der Waals surface area contributed by atoms with Crippen LogP contribution in [-0.2, 0) is 0 Å². The fourth-order valence-corrected chi connectivity index (χ4v) is 3.40. The van der Waals surface area contributed by atoms with Crippen molar-refractivity contribution in [1.29, 1.82) is 0 Å². The van der Waals surface area contributed by atoms with Crippen LogP contribution in [-0.4, -0.2) is 37.1 Å². The van der Waals surface area contributed by atoms with E-state index in [2.05, 4.69) is 24.2 Å². The van der Waals surface area contributed by atoms with Crippen LogP contribution >= 0.6 is 0 Å². The summed E-state index contributed by atoms with van der Waals surface area (Å²) in [6.45, 7) is 4.85. The number of hydrogen-bond donors (Lipinski definition) is 1. The highest BCUT2D eigenvalue weighted by molar-refractivity contribution is 4.82. The minimum absolute atomic E-state index is 0.772. The quantitative estimate of drug-likeness (QED) is 0.790. The Bertz CT molecular complexity index is 191. The molecular formula is C14H28N2. The zero-order valence-electron chi connectivity index (χ0n) is 11.0. The molecular weight excluding hydrogens is 196 g/mol. The summed E-state index contributed by atoms with van der Waals surface area (Å²) in [5.41, 5.74) is 0. The summed E-state index contributed by atoms with van der Waals surface area (Å²) in [5, 5.41) is 3.60. The molecule has 1 unspecified atom stereocenters. The fraction of sp³-hybridized carbons (Fsp3) is 1.00. The van der Waals surface area contributed by atoms with Crippen molar-refractivity contribution in [2.75, 3.05) is 20.1 Å². The first-order chi connectivity index (χ1) is 7.79. The number of nitrogens with zero attached hydrogens (tertiary/aromatic N) is 1. The molecule has 2 rings (SSSR count). The molecule has 2 fully saturated rings. The predicted molar refractivity (Wildman–Crippen MR) is 69.7 cm³/mol. The molecule has 2 heteroatoms. The van der Waals surface area contributed by atoms with Gasteiger partial charge in [-0.2, -0.15) is 0 Å². The molecule has 1 saturated carbocycles. The van der Waals surface area contributed by atoms with Crippen molar-refractivity contribution in [3.05, 3.63) is 0 Å². The third kappa shape index (κ3) is 3.21. The van der Waals surface area contributed by atoms with Gasteiger partial charge >= 0.3 is 0 Å². The Balaban J connectivity index is 1.70. The third-order valence-electron chi connectivity index (χ3n) is 4.69. The van der Waals surface area contributed by atoms with Crippen LogP contribution in [0.1, 0.15) is 51.9 Å². The summed E-state index contributed by atoms with van der Waals surface area (Å²) in [6.07, 6.45) is 9.94. The third-order valence-corrected chi connectivity index (χ3v) is 4.69. The van der Waals surface area contributed by atoms with E-state index in [0.29, 0.717) is 0 Å². The first-order valence-electron chi connectivity index (χ1n) is 7.23. The molecule has 0 aromatic heterocycles. The van der Waals surface area contributed by atoms with Crippen molar-refractivity contribution >= 4 is 0 Å². The van der Waals surface area contributed by atoms with Crippen molar-refractivity contribution in [2.24, 2.45) is 5.92 Å². The van der Waals surface area contributed by atoms with E-state index in [-0.39, 0.29) is 0 Å². The highest BCUT2D eigenvalue weighted by Gasteiger charge is 2.25. The van der Waals surface area contributed by atoms with Gasteiger partial charge in [-0.15, -0.1) is 0 Å². The zero-order valence-corrected chi connectivity index (χ0v) is 11.0. The normalized spacial score (nSPS) is 35.8. The topological polar surface area (TPSA) is 15.3 Å². The molecule has 0 amide bonds. The van der Waals surface area contributed by atoms with Gasteiger partial charge < -0.3 is 10.2 Å². The van der Waals surface area contributed by atoms with E-state index in [1.165, 1.54) is 58.0 Å². The van der Waals surface area contributed by atoms with E-state index in [1.54, 1.807) is 0 Å². The Kier molecular flexibility index (Phi) is 4.66. The molecule has 1 aliphatic heterocycles. The molecule has 94 valence electrons. The molecule has 0 aromatic rings. The molecule has 0 aromatic carbocycles. The van der Waals surface area contributed by atoms with Gasteiger partial charge in [-0.25, -0.2) is 0 Å². The number of rotatable bonds is 4. The molecule has 1 atom stereocenters. The van der Waals surface area contributed by atoms with Gasteiger partial charge in [0, 0.05) is 18.6 Å². The second kappa shape index (κ2) is 6.02. The van der Waals surface area contributed by atoms with Gasteiger partial charge in [-0.3, -0.25) is 0 Å². The van der Waals surface area contributed by atoms with Gasteiger partial charge in [0.25, 0.3) is 0 Å². The average molecular weight is 224 g/mol. The van der Waals surface area contributed by atoms with E-state index in [1.807, 2.05) is 0 Å². The van der Waals surface area contributed by atoms with Gasteiger partial charge in [-0.05, 0) is 58.0 Å². The Labute approximate surface area is 101 Å². The van der Waals surface area contributed by atoms with Crippen LogP contribution in [0.4, 0.5) is 0 Å². The summed E-state index contributed by atoms with van der Waals surface area (Å²) in [5.74, 6) is 1.02. The minimum atomic E-state index is 0.772. The van der Waals surface area contributed by atoms with E-state index in [4.69, 9.17) is 0 Å². The van der Waals surface area contributed by atoms with Crippen LogP contribution in [0.2, 0.25) is 0 Å². The summed E-state index contributed by atoms with van der Waals surface area (Å²) >= 11 is 0. The van der Waals surface area contributed by atoms with Crippen LogP contribution < -0.4 is 5.32 Å². The van der Waals surface area contributed by atoms with Gasteiger partial charge in [-0.1, -0.05) is 13.3 Å². The monoisotopic (exact) mass is 224 g/mol. The first-order valence-corrected chi connectivity index (χ1v) is 7.23. The van der Waals surface area contributed by atoms with Crippen molar-refractivity contribution in [3.63, 3.8) is 0 Å². The van der Waals surface area contributed by atoms with Gasteiger partial charge in [0.05, 0.1) is 0 Å². The second-order valence-electron chi connectivity index (χ2n) is 5.82. The zero-order chi connectivity index (χ0) is 11.4. The summed E-state index contributed by atoms with van der Waals surface area (Å²) in [7, 11) is 2.33. The Morgan fingerprint density at radius 1 is 1.12 bits per heavy atom. The molecule has 16 heavy (non-hydrogen) atoms. The smallest absolute Gasteiger partial charge is 0.0195 e. The van der Waals surface area contributed by atoms with Crippen LogP contribution in [0, 0.1) is 5.92 Å². The van der Waals surface area contributed by atoms with Crippen LogP contribution in [0.3, 0.4) is 0 Å². The average Bonchev–Trinajstić information content (AvgIpc) is 2.82. The van der Waals surface area contributed by atoms with E-state index >= 15 is 0 Å². The molecule has 0 bridgehead atoms. The number of likely N-dealkylation sites (N-methyl/N-ethyl adjacent to an activating group) is 1. The minimum Gasteiger partial charge on any atom is -0.313 e. The second-order valence-corrected chi connectivity index (χ2v) is 5.82. The highest BCUT2D eigenvalue weighted by atomic mass is 15.2. The van der Waals surface area contributed by atoms with Gasteiger partial charge in [0.15, 0.2) is 0 Å². The SMILES string of the molecule is CCC1CCC(N(C)CC2CCCN2)CC1. The molecule has 0 radical (unpaired) electrons. The Hall–Kier alpha value is -0.0800. The van der Waals surface area contributed by atoms with Gasteiger partial charge in [0.2, 0.25) is 0 Å². The molecule has 1 heterocycles. The maximum atomic E-state index is 3.60. The lowest BCUT2D eigenvalue weighted by Crippen LogP contribution is -2.42. The molecule has 0 spiro atoms. The molecule has 2 aliphatic rings. The maximum Gasteiger partial charge on any atom is 0.0195 e.